The minimum absolute atomic E-state index is 0.627. The van der Waals surface area contributed by atoms with Gasteiger partial charge in [-0.25, -0.2) is 15.0 Å². The summed E-state index contributed by atoms with van der Waals surface area (Å²) in [6, 6.07) is 70.1. The Bertz CT molecular complexity index is 2670. The molecule has 1 heterocycles. The summed E-state index contributed by atoms with van der Waals surface area (Å²) in [7, 11) is 0. The summed E-state index contributed by atoms with van der Waals surface area (Å²) < 4.78 is 0. The first-order valence-electron chi connectivity index (χ1n) is 17.5. The molecule has 8 aromatic carbocycles. The van der Waals surface area contributed by atoms with Crippen molar-refractivity contribution in [2.75, 3.05) is 0 Å². The molecule has 9 rings (SSSR count). The van der Waals surface area contributed by atoms with Gasteiger partial charge in [0.05, 0.1) is 0 Å². The van der Waals surface area contributed by atoms with Crippen LogP contribution in [-0.4, -0.2) is 15.0 Å². The minimum Gasteiger partial charge on any atom is -0.208 e. The van der Waals surface area contributed by atoms with Gasteiger partial charge in [-0.1, -0.05) is 182 Å². The third-order valence-electron chi connectivity index (χ3n) is 9.54. The molecule has 0 spiro atoms. The van der Waals surface area contributed by atoms with Gasteiger partial charge in [-0.2, -0.15) is 0 Å². The third kappa shape index (κ3) is 6.17. The minimum atomic E-state index is 0.627. The van der Waals surface area contributed by atoms with Crippen LogP contribution in [0.4, 0.5) is 0 Å². The van der Waals surface area contributed by atoms with Gasteiger partial charge in [0.2, 0.25) is 0 Å². The summed E-state index contributed by atoms with van der Waals surface area (Å²) >= 11 is 0. The zero-order chi connectivity index (χ0) is 34.7. The lowest BCUT2D eigenvalue weighted by atomic mass is 9.90. The Morgan fingerprint density at radius 3 is 1.42 bits per heavy atom. The van der Waals surface area contributed by atoms with Crippen LogP contribution >= 0.6 is 0 Å². The summed E-state index contributed by atoms with van der Waals surface area (Å²) in [5.41, 5.74) is 12.0. The van der Waals surface area contributed by atoms with E-state index in [0.29, 0.717) is 17.5 Å². The number of aromatic nitrogens is 3. The topological polar surface area (TPSA) is 38.7 Å². The van der Waals surface area contributed by atoms with Crippen molar-refractivity contribution >= 4 is 10.8 Å². The van der Waals surface area contributed by atoms with Gasteiger partial charge in [-0.05, 0) is 73.5 Å². The van der Waals surface area contributed by atoms with Crippen LogP contribution in [0.5, 0.6) is 0 Å². The van der Waals surface area contributed by atoms with Gasteiger partial charge in [0.25, 0.3) is 0 Å². The van der Waals surface area contributed by atoms with Crippen molar-refractivity contribution in [2.45, 2.75) is 0 Å². The van der Waals surface area contributed by atoms with Gasteiger partial charge < -0.3 is 0 Å². The van der Waals surface area contributed by atoms with E-state index < -0.39 is 0 Å². The maximum atomic E-state index is 5.16. The first-order chi connectivity index (χ1) is 25.8. The van der Waals surface area contributed by atoms with E-state index in [1.165, 1.54) is 27.5 Å². The lowest BCUT2D eigenvalue weighted by molar-refractivity contribution is 1.07. The van der Waals surface area contributed by atoms with E-state index in [1.807, 2.05) is 42.5 Å². The van der Waals surface area contributed by atoms with E-state index in [1.54, 1.807) is 0 Å². The molecule has 3 heteroatoms. The highest BCUT2D eigenvalue weighted by molar-refractivity contribution is 5.91. The fraction of sp³-hybridized carbons (Fsp3) is 0. The zero-order valence-corrected chi connectivity index (χ0v) is 28.4. The zero-order valence-electron chi connectivity index (χ0n) is 28.4. The summed E-state index contributed by atoms with van der Waals surface area (Å²) in [6.07, 6.45) is 0. The van der Waals surface area contributed by atoms with Crippen LogP contribution < -0.4 is 0 Å². The van der Waals surface area contributed by atoms with Crippen molar-refractivity contribution in [3.05, 3.63) is 200 Å². The van der Waals surface area contributed by atoms with E-state index in [-0.39, 0.29) is 0 Å². The Kier molecular flexibility index (Phi) is 8.20. The Balaban J connectivity index is 1.18. The number of hydrogen-bond donors (Lipinski definition) is 0. The Morgan fingerprint density at radius 2 is 0.692 bits per heavy atom. The SMILES string of the molecule is c1ccc(-c2nc(-c3cccc(-c4ccc(-c5ccc6ccccc6c5)cc4-c4ccccc4)c3)nc(-c3ccccc3-c3ccccc3)n2)cc1. The van der Waals surface area contributed by atoms with E-state index in [0.717, 1.165) is 44.5 Å². The number of hydrogen-bond acceptors (Lipinski definition) is 3. The normalized spacial score (nSPS) is 11.1. The lowest BCUT2D eigenvalue weighted by Crippen LogP contribution is -2.01. The fourth-order valence-electron chi connectivity index (χ4n) is 6.92. The van der Waals surface area contributed by atoms with Gasteiger partial charge in [0.15, 0.2) is 17.5 Å². The molecule has 0 aliphatic heterocycles. The number of nitrogens with zero attached hydrogens (tertiary/aromatic N) is 3. The monoisotopic (exact) mass is 663 g/mol. The number of fused-ring (bicyclic) bond motifs is 1. The van der Waals surface area contributed by atoms with E-state index >= 15 is 0 Å². The molecule has 52 heavy (non-hydrogen) atoms. The molecule has 0 saturated carbocycles. The van der Waals surface area contributed by atoms with Crippen molar-refractivity contribution in [3.63, 3.8) is 0 Å². The second-order valence-corrected chi connectivity index (χ2v) is 12.9. The van der Waals surface area contributed by atoms with E-state index in [9.17, 15) is 0 Å². The molecule has 0 radical (unpaired) electrons. The highest BCUT2D eigenvalue weighted by Crippen LogP contribution is 2.38. The van der Waals surface area contributed by atoms with Gasteiger partial charge in [0, 0.05) is 16.7 Å². The first-order valence-corrected chi connectivity index (χ1v) is 17.5. The van der Waals surface area contributed by atoms with Crippen LogP contribution in [0, 0.1) is 0 Å². The van der Waals surface area contributed by atoms with Crippen molar-refractivity contribution in [3.8, 4) is 78.7 Å². The van der Waals surface area contributed by atoms with Crippen molar-refractivity contribution in [1.82, 2.24) is 15.0 Å². The van der Waals surface area contributed by atoms with Crippen molar-refractivity contribution in [1.29, 1.82) is 0 Å². The molecule has 0 aliphatic carbocycles. The van der Waals surface area contributed by atoms with Crippen molar-refractivity contribution in [2.24, 2.45) is 0 Å². The molecule has 0 atom stereocenters. The molecular weight excluding hydrogens is 631 g/mol. The molecule has 0 bridgehead atoms. The predicted molar refractivity (Wildman–Crippen MR) is 215 cm³/mol. The Hall–Kier alpha value is -6.97. The first kappa shape index (κ1) is 31.0. The van der Waals surface area contributed by atoms with Gasteiger partial charge in [-0.15, -0.1) is 0 Å². The van der Waals surface area contributed by atoms with E-state index in [4.69, 9.17) is 15.0 Å². The van der Waals surface area contributed by atoms with Crippen LogP contribution in [0.25, 0.3) is 89.4 Å². The smallest absolute Gasteiger partial charge is 0.164 e. The van der Waals surface area contributed by atoms with Crippen LogP contribution in [0.2, 0.25) is 0 Å². The summed E-state index contributed by atoms with van der Waals surface area (Å²) in [5.74, 6) is 1.90. The number of benzene rings is 8. The van der Waals surface area contributed by atoms with Gasteiger partial charge in [-0.3, -0.25) is 0 Å². The average Bonchev–Trinajstić information content (AvgIpc) is 3.24. The maximum Gasteiger partial charge on any atom is 0.164 e. The van der Waals surface area contributed by atoms with Crippen molar-refractivity contribution < 1.29 is 0 Å². The Morgan fingerprint density at radius 1 is 0.212 bits per heavy atom. The molecule has 0 fully saturated rings. The van der Waals surface area contributed by atoms with E-state index in [2.05, 4.69) is 158 Å². The maximum absolute atomic E-state index is 5.16. The third-order valence-corrected chi connectivity index (χ3v) is 9.54. The fourth-order valence-corrected chi connectivity index (χ4v) is 6.92. The molecule has 244 valence electrons. The summed E-state index contributed by atoms with van der Waals surface area (Å²) in [5, 5.41) is 2.47. The highest BCUT2D eigenvalue weighted by Gasteiger charge is 2.17. The second-order valence-electron chi connectivity index (χ2n) is 12.9. The standard InChI is InChI=1S/C49H33N3/c1-4-16-35(17-5-1)43-25-12-13-26-45(43)49-51-47(37-20-8-3-9-21-37)50-48(52-49)42-24-14-23-41(32-42)44-30-29-40(33-46(44)36-18-6-2-7-19-36)39-28-27-34-15-10-11-22-38(34)31-39/h1-33H. The van der Waals surface area contributed by atoms with Crippen LogP contribution in [0.3, 0.4) is 0 Å². The molecule has 9 aromatic rings. The predicted octanol–water partition coefficient (Wildman–Crippen LogP) is 12.7. The molecule has 0 saturated heterocycles. The lowest BCUT2D eigenvalue weighted by Gasteiger charge is -2.15. The molecule has 0 aliphatic rings. The van der Waals surface area contributed by atoms with Gasteiger partial charge >= 0.3 is 0 Å². The molecule has 3 nitrogen and oxygen atoms in total. The average molecular weight is 664 g/mol. The summed E-state index contributed by atoms with van der Waals surface area (Å²) in [4.78, 5) is 15.3. The molecular formula is C49H33N3. The largest absolute Gasteiger partial charge is 0.208 e. The molecule has 0 amide bonds. The quantitative estimate of drug-likeness (QED) is 0.170. The molecule has 0 unspecified atom stereocenters. The second kappa shape index (κ2) is 13.7. The van der Waals surface area contributed by atoms with Crippen LogP contribution in [0.15, 0.2) is 200 Å². The van der Waals surface area contributed by atoms with Crippen LogP contribution in [0.1, 0.15) is 0 Å². The van der Waals surface area contributed by atoms with Gasteiger partial charge in [0.1, 0.15) is 0 Å². The Labute approximate surface area is 303 Å². The molecule has 1 aromatic heterocycles. The molecule has 0 N–H and O–H groups in total. The van der Waals surface area contributed by atoms with Crippen LogP contribution in [-0.2, 0) is 0 Å². The number of rotatable bonds is 7. The highest BCUT2D eigenvalue weighted by atomic mass is 15.0. The summed E-state index contributed by atoms with van der Waals surface area (Å²) in [6.45, 7) is 0.